The number of carbonyl (C=O) groups is 1. The van der Waals surface area contributed by atoms with E-state index in [4.69, 9.17) is 13.9 Å². The second kappa shape index (κ2) is 7.76. The molecule has 1 aromatic heterocycles. The van der Waals surface area contributed by atoms with Gasteiger partial charge in [0.2, 0.25) is 5.89 Å². The summed E-state index contributed by atoms with van der Waals surface area (Å²) in [6.45, 7) is 0.853. The van der Waals surface area contributed by atoms with E-state index in [9.17, 15) is 9.90 Å². The first-order valence-corrected chi connectivity index (χ1v) is 8.33. The Morgan fingerprint density at radius 3 is 2.62 bits per heavy atom. The Bertz CT molecular complexity index is 744. The van der Waals surface area contributed by atoms with E-state index in [2.05, 4.69) is 4.98 Å². The highest BCUT2D eigenvalue weighted by Gasteiger charge is 2.36. The summed E-state index contributed by atoms with van der Waals surface area (Å²) < 4.78 is 16.0. The van der Waals surface area contributed by atoms with Gasteiger partial charge in [-0.15, -0.1) is 0 Å². The van der Waals surface area contributed by atoms with Crippen LogP contribution in [0.15, 0.2) is 34.9 Å². The van der Waals surface area contributed by atoms with Crippen molar-refractivity contribution in [1.82, 2.24) is 14.8 Å². The second-order valence-electron chi connectivity index (χ2n) is 6.40. The standard InChI is InChI=1S/C18H23N3O5/c1-20(2)15-8-21(9-16(15)22)18(23)14-10-26-17(19-14)11-25-13-6-4-12(24-3)5-7-13/h4-7,10,15-16,22H,8-9,11H2,1-3H3/t15-,16-/m1/s1. The lowest BCUT2D eigenvalue weighted by Crippen LogP contribution is -2.38. The van der Waals surface area contributed by atoms with Crippen LogP contribution in [0.5, 0.6) is 11.5 Å². The zero-order chi connectivity index (χ0) is 18.7. The third kappa shape index (κ3) is 3.97. The average Bonchev–Trinajstić information content (AvgIpc) is 3.26. The van der Waals surface area contributed by atoms with E-state index in [-0.39, 0.29) is 30.8 Å². The van der Waals surface area contributed by atoms with Crippen LogP contribution in [0.4, 0.5) is 0 Å². The molecule has 2 heterocycles. The predicted octanol–water partition coefficient (Wildman–Crippen LogP) is 1.01. The van der Waals surface area contributed by atoms with Crippen LogP contribution >= 0.6 is 0 Å². The van der Waals surface area contributed by atoms with E-state index in [1.807, 2.05) is 19.0 Å². The number of oxazole rings is 1. The number of ether oxygens (including phenoxy) is 2. The van der Waals surface area contributed by atoms with Gasteiger partial charge < -0.3 is 28.8 Å². The van der Waals surface area contributed by atoms with Crippen molar-refractivity contribution >= 4 is 5.91 Å². The number of β-amino-alcohol motifs (C(OH)–C–C–N with tert-alkyl or cyclic N) is 1. The zero-order valence-electron chi connectivity index (χ0n) is 15.1. The first-order valence-electron chi connectivity index (χ1n) is 8.33. The van der Waals surface area contributed by atoms with Crippen molar-refractivity contribution in [3.63, 3.8) is 0 Å². The molecule has 0 aliphatic carbocycles. The third-order valence-electron chi connectivity index (χ3n) is 4.40. The van der Waals surface area contributed by atoms with Gasteiger partial charge in [0.1, 0.15) is 17.8 Å². The number of benzene rings is 1. The van der Waals surface area contributed by atoms with Crippen LogP contribution in [0, 0.1) is 0 Å². The smallest absolute Gasteiger partial charge is 0.275 e. The molecule has 3 rings (SSSR count). The average molecular weight is 361 g/mol. The van der Waals surface area contributed by atoms with Gasteiger partial charge in [-0.1, -0.05) is 0 Å². The van der Waals surface area contributed by atoms with Crippen LogP contribution in [0.3, 0.4) is 0 Å². The van der Waals surface area contributed by atoms with E-state index in [0.29, 0.717) is 18.2 Å². The predicted molar refractivity (Wildman–Crippen MR) is 93.2 cm³/mol. The minimum absolute atomic E-state index is 0.0799. The number of rotatable bonds is 6. The summed E-state index contributed by atoms with van der Waals surface area (Å²) in [5, 5.41) is 10.1. The molecule has 1 aromatic carbocycles. The Balaban J connectivity index is 1.58. The van der Waals surface area contributed by atoms with Crippen molar-refractivity contribution in [2.24, 2.45) is 0 Å². The molecule has 1 N–H and O–H groups in total. The van der Waals surface area contributed by atoms with Crippen molar-refractivity contribution < 1.29 is 23.8 Å². The number of hydrogen-bond donors (Lipinski definition) is 1. The van der Waals surface area contributed by atoms with Crippen molar-refractivity contribution in [2.45, 2.75) is 18.8 Å². The Labute approximate surface area is 151 Å². The summed E-state index contributed by atoms with van der Waals surface area (Å²) >= 11 is 0. The third-order valence-corrected chi connectivity index (χ3v) is 4.40. The molecule has 8 nitrogen and oxygen atoms in total. The van der Waals surface area contributed by atoms with Crippen LogP contribution in [0.2, 0.25) is 0 Å². The number of aliphatic hydroxyl groups excluding tert-OH is 1. The molecule has 1 aliphatic heterocycles. The monoisotopic (exact) mass is 361 g/mol. The van der Waals surface area contributed by atoms with E-state index in [0.717, 1.165) is 5.75 Å². The fourth-order valence-electron chi connectivity index (χ4n) is 2.90. The van der Waals surface area contributed by atoms with Gasteiger partial charge in [0.15, 0.2) is 12.3 Å². The van der Waals surface area contributed by atoms with E-state index < -0.39 is 6.10 Å². The lowest BCUT2D eigenvalue weighted by atomic mass is 10.2. The molecule has 0 spiro atoms. The first-order chi connectivity index (χ1) is 12.5. The molecule has 26 heavy (non-hydrogen) atoms. The van der Waals surface area contributed by atoms with Crippen LogP contribution < -0.4 is 9.47 Å². The van der Waals surface area contributed by atoms with Crippen LogP contribution in [0.1, 0.15) is 16.4 Å². The molecule has 0 unspecified atom stereocenters. The molecule has 0 bridgehead atoms. The summed E-state index contributed by atoms with van der Waals surface area (Å²) in [5.74, 6) is 1.44. The summed E-state index contributed by atoms with van der Waals surface area (Å²) in [7, 11) is 5.36. The van der Waals surface area contributed by atoms with Gasteiger partial charge in [-0.3, -0.25) is 4.79 Å². The van der Waals surface area contributed by atoms with Gasteiger partial charge >= 0.3 is 0 Å². The fourth-order valence-corrected chi connectivity index (χ4v) is 2.90. The van der Waals surface area contributed by atoms with Gasteiger partial charge in [0, 0.05) is 13.1 Å². The largest absolute Gasteiger partial charge is 0.497 e. The number of likely N-dealkylation sites (tertiary alicyclic amines) is 1. The molecule has 1 aliphatic rings. The van der Waals surface area contributed by atoms with Crippen LogP contribution in [-0.2, 0) is 6.61 Å². The number of methoxy groups -OCH3 is 1. The number of carbonyl (C=O) groups excluding carboxylic acids is 1. The van der Waals surface area contributed by atoms with E-state index in [1.165, 1.54) is 6.26 Å². The number of amides is 1. The molecule has 1 fully saturated rings. The summed E-state index contributed by atoms with van der Waals surface area (Å²) in [6.07, 6.45) is 0.753. The highest BCUT2D eigenvalue weighted by atomic mass is 16.5. The Hall–Kier alpha value is -2.58. The summed E-state index contributed by atoms with van der Waals surface area (Å²) in [4.78, 5) is 20.2. The maximum atomic E-state index is 12.5. The SMILES string of the molecule is COc1ccc(OCc2nc(C(=O)N3C[C@@H](O)[C@H](N(C)C)C3)co2)cc1. The highest BCUT2D eigenvalue weighted by Crippen LogP contribution is 2.19. The molecule has 8 heteroatoms. The number of hydrogen-bond acceptors (Lipinski definition) is 7. The van der Waals surface area contributed by atoms with Gasteiger partial charge in [0.25, 0.3) is 5.91 Å². The number of nitrogens with zero attached hydrogens (tertiary/aromatic N) is 3. The summed E-state index contributed by atoms with van der Waals surface area (Å²) in [6, 6.07) is 7.06. The molecular formula is C18H23N3O5. The van der Waals surface area contributed by atoms with Gasteiger partial charge in [0.05, 0.1) is 19.3 Å². The minimum Gasteiger partial charge on any atom is -0.497 e. The van der Waals surface area contributed by atoms with E-state index in [1.54, 1.807) is 36.3 Å². The zero-order valence-corrected chi connectivity index (χ0v) is 15.1. The maximum absolute atomic E-state index is 12.5. The lowest BCUT2D eigenvalue weighted by Gasteiger charge is -2.21. The fraction of sp³-hybridized carbons (Fsp3) is 0.444. The second-order valence-corrected chi connectivity index (χ2v) is 6.40. The molecule has 0 saturated carbocycles. The van der Waals surface area contributed by atoms with Crippen molar-refractivity contribution in [1.29, 1.82) is 0 Å². The van der Waals surface area contributed by atoms with Crippen LogP contribution in [0.25, 0.3) is 0 Å². The molecule has 2 aromatic rings. The van der Waals surface area contributed by atoms with Crippen molar-refractivity contribution in [3.05, 3.63) is 42.1 Å². The topological polar surface area (TPSA) is 88.3 Å². The number of aliphatic hydroxyl groups is 1. The van der Waals surface area contributed by atoms with Gasteiger partial charge in [-0.25, -0.2) is 4.98 Å². The van der Waals surface area contributed by atoms with Gasteiger partial charge in [-0.2, -0.15) is 0 Å². The Morgan fingerprint density at radius 2 is 2.00 bits per heavy atom. The Kier molecular flexibility index (Phi) is 5.43. The molecule has 140 valence electrons. The molecule has 2 atom stereocenters. The molecule has 1 saturated heterocycles. The summed E-state index contributed by atoms with van der Waals surface area (Å²) in [5.41, 5.74) is 0.213. The normalized spacial score (nSPS) is 19.8. The van der Waals surface area contributed by atoms with Gasteiger partial charge in [-0.05, 0) is 38.4 Å². The minimum atomic E-state index is -0.571. The highest BCUT2D eigenvalue weighted by molar-refractivity contribution is 5.92. The Morgan fingerprint density at radius 1 is 1.31 bits per heavy atom. The molecular weight excluding hydrogens is 338 g/mol. The lowest BCUT2D eigenvalue weighted by molar-refractivity contribution is 0.0758. The molecule has 1 amide bonds. The first kappa shape index (κ1) is 18.2. The number of likely N-dealkylation sites (N-methyl/N-ethyl adjacent to an activating group) is 1. The van der Waals surface area contributed by atoms with Crippen molar-refractivity contribution in [3.8, 4) is 11.5 Å². The quantitative estimate of drug-likeness (QED) is 0.821. The molecule has 0 radical (unpaired) electrons. The van der Waals surface area contributed by atoms with Crippen LogP contribution in [-0.4, -0.2) is 72.2 Å². The van der Waals surface area contributed by atoms with E-state index >= 15 is 0 Å². The van der Waals surface area contributed by atoms with Crippen molar-refractivity contribution in [2.75, 3.05) is 34.3 Å². The maximum Gasteiger partial charge on any atom is 0.275 e. The number of aromatic nitrogens is 1.